The molecule has 372 valence electrons. The molecule has 72 heavy (non-hydrogen) atoms. The Morgan fingerprint density at radius 3 is 1.24 bits per heavy atom. The normalized spacial score (nSPS) is 12.6. The molecule has 10 nitrogen and oxygen atoms in total. The largest absolute Gasteiger partial charge is 0.489 e. The molecule has 7 aromatic rings. The highest BCUT2D eigenvalue weighted by molar-refractivity contribution is 6.32. The number of benzene rings is 7. The number of ether oxygens (including phenoxy) is 2. The summed E-state index contributed by atoms with van der Waals surface area (Å²) < 4.78 is 11.3. The van der Waals surface area contributed by atoms with Crippen LogP contribution in [-0.2, 0) is 12.8 Å². The van der Waals surface area contributed by atoms with E-state index in [0.717, 1.165) is 23.1 Å². The first-order valence-corrected chi connectivity index (χ1v) is 24.8. The number of rotatable bonds is 19. The summed E-state index contributed by atoms with van der Waals surface area (Å²) >= 11 is 12.7. The number of ketones is 2. The van der Waals surface area contributed by atoms with Crippen LogP contribution in [-0.4, -0.2) is 53.6 Å². The lowest BCUT2D eigenvalue weighted by atomic mass is 9.90. The van der Waals surface area contributed by atoms with E-state index < -0.39 is 0 Å². The molecule has 0 bridgehead atoms. The fourth-order valence-corrected chi connectivity index (χ4v) is 8.96. The molecular weight excluding hydrogens is 944 g/mol. The molecule has 0 spiro atoms. The van der Waals surface area contributed by atoms with E-state index in [4.69, 9.17) is 38.4 Å². The fourth-order valence-electron chi connectivity index (χ4n) is 8.51. The average molecular weight is 1010 g/mol. The molecule has 7 aromatic carbocycles. The molecular formula is C60H62Cl2N4O6. The van der Waals surface area contributed by atoms with Crippen molar-refractivity contribution in [3.63, 3.8) is 0 Å². The highest BCUT2D eigenvalue weighted by Crippen LogP contribution is 2.31. The number of hydrogen-bond acceptors (Lipinski definition) is 9. The van der Waals surface area contributed by atoms with Crippen LogP contribution in [0.3, 0.4) is 0 Å². The van der Waals surface area contributed by atoms with Gasteiger partial charge in [0.15, 0.2) is 11.6 Å². The van der Waals surface area contributed by atoms with Gasteiger partial charge in [-0.15, -0.1) is 0 Å². The molecule has 8 rings (SSSR count). The Kier molecular flexibility index (Phi) is 20.0. The molecule has 1 aliphatic heterocycles. The number of carbonyl (C=O) groups excluding carboxylic acids is 4. The van der Waals surface area contributed by atoms with Gasteiger partial charge in [0.25, 0.3) is 11.8 Å². The first-order valence-electron chi connectivity index (χ1n) is 24.0. The van der Waals surface area contributed by atoms with Crippen LogP contribution in [0.2, 0.25) is 10.0 Å². The van der Waals surface area contributed by atoms with Crippen molar-refractivity contribution >= 4 is 46.6 Å². The number of hydrogen-bond donors (Lipinski definition) is 3. The van der Waals surface area contributed by atoms with Gasteiger partial charge in [0.05, 0.1) is 33.4 Å². The van der Waals surface area contributed by atoms with Crippen LogP contribution in [0.5, 0.6) is 11.5 Å². The van der Waals surface area contributed by atoms with Gasteiger partial charge < -0.3 is 15.2 Å². The lowest BCUT2D eigenvalue weighted by molar-refractivity contribution is 0.0617. The first-order chi connectivity index (χ1) is 34.8. The topological polar surface area (TPSA) is 168 Å². The highest BCUT2D eigenvalue weighted by Gasteiger charge is 2.37. The number of carbonyl (C=O) groups is 4. The minimum Gasteiger partial charge on any atom is -0.489 e. The van der Waals surface area contributed by atoms with Gasteiger partial charge in [-0.2, -0.15) is 0 Å². The molecule has 1 aliphatic rings. The zero-order valence-corrected chi connectivity index (χ0v) is 42.6. The Morgan fingerprint density at radius 1 is 0.500 bits per heavy atom. The fraction of sp³-hybridized carbons (Fsp3) is 0.233. The summed E-state index contributed by atoms with van der Waals surface area (Å²) in [6, 6.07) is 54.1. The average Bonchev–Trinajstić information content (AvgIpc) is 3.63. The highest BCUT2D eigenvalue weighted by atomic mass is 35.5. The zero-order chi connectivity index (χ0) is 51.7. The predicted octanol–water partition coefficient (Wildman–Crippen LogP) is 12.5. The van der Waals surface area contributed by atoms with Gasteiger partial charge in [-0.1, -0.05) is 145 Å². The number of halogens is 2. The van der Waals surface area contributed by atoms with Crippen molar-refractivity contribution in [3.05, 3.63) is 213 Å². The zero-order valence-electron chi connectivity index (χ0n) is 41.1. The predicted molar refractivity (Wildman–Crippen MR) is 290 cm³/mol. The van der Waals surface area contributed by atoms with E-state index in [9.17, 15) is 19.2 Å². The first kappa shape index (κ1) is 54.4. The van der Waals surface area contributed by atoms with Crippen LogP contribution >= 0.6 is 23.2 Å². The Labute approximate surface area is 433 Å². The molecule has 2 atom stereocenters. The number of nitrogens with zero attached hydrogens (tertiary/aromatic N) is 1. The van der Waals surface area contributed by atoms with Gasteiger partial charge in [-0.25, -0.2) is 0 Å². The molecule has 12 heteroatoms. The van der Waals surface area contributed by atoms with Gasteiger partial charge in [0.1, 0.15) is 11.5 Å². The Morgan fingerprint density at radius 2 is 0.861 bits per heavy atom. The third-order valence-corrected chi connectivity index (χ3v) is 12.6. The van der Waals surface area contributed by atoms with Crippen LogP contribution < -0.4 is 26.9 Å². The van der Waals surface area contributed by atoms with Crippen molar-refractivity contribution in [1.82, 2.24) is 4.90 Å². The van der Waals surface area contributed by atoms with Gasteiger partial charge in [-0.05, 0) is 141 Å². The summed E-state index contributed by atoms with van der Waals surface area (Å²) in [5.74, 6) is 8.19. The summed E-state index contributed by atoms with van der Waals surface area (Å²) in [6.45, 7) is 8.29. The third kappa shape index (κ3) is 14.8. The van der Waals surface area contributed by atoms with Crippen LogP contribution in [0.4, 0.5) is 0 Å². The standard InChI is InChI=1S/C34H30ClNO4.C26H28ClNO2.H4N2/c1-22(2)40-32-17-16-27(20-30(32)35)31(37)19-24(21-36-33(38)28-10-6-7-11-29(28)34(36)39)18-23-12-14-26(15-13-23)25-8-4-3-5-9-25;1-18(2)30-26-13-12-23(16-24(26)27)25(29)15-20(17-28)14-19-8-10-22(11-9-19)21-6-4-3-5-7-21;1-2/h3-17,20,22,24H,18-19,21H2,1-2H3;3-13,16,18,20H,14-15,17,28H2,1-2H3;1-2H2/t24-;20-;/m11./s1. The molecule has 2 amide bonds. The summed E-state index contributed by atoms with van der Waals surface area (Å²) in [6.07, 6.45) is 1.80. The second kappa shape index (κ2) is 26.5. The number of hydrazine groups is 1. The van der Waals surface area contributed by atoms with Crippen molar-refractivity contribution in [2.75, 3.05) is 13.1 Å². The van der Waals surface area contributed by atoms with Gasteiger partial charge >= 0.3 is 0 Å². The SMILES string of the molecule is CC(C)Oc1ccc(C(=O)C[C@@H](Cc2ccc(-c3ccccc3)cc2)CN2C(=O)c3ccccc3C2=O)cc1Cl.CC(C)Oc1ccc(C(=O)C[C@H](CN)Cc2ccc(-c3ccccc3)cc2)cc1Cl.NN. The van der Waals surface area contributed by atoms with Crippen molar-refractivity contribution in [1.29, 1.82) is 0 Å². The monoisotopic (exact) mass is 1000 g/mol. The summed E-state index contributed by atoms with van der Waals surface area (Å²) in [4.78, 5) is 53.7. The quantitative estimate of drug-likeness (QED) is 0.0309. The lowest BCUT2D eigenvalue weighted by Crippen LogP contribution is -2.36. The maximum atomic E-state index is 13.4. The van der Waals surface area contributed by atoms with E-state index in [1.165, 1.54) is 21.6 Å². The third-order valence-electron chi connectivity index (χ3n) is 12.0. The van der Waals surface area contributed by atoms with Gasteiger partial charge in [-0.3, -0.25) is 35.8 Å². The van der Waals surface area contributed by atoms with E-state index in [1.54, 1.807) is 60.7 Å². The minimum absolute atomic E-state index is 0.0268. The molecule has 6 N–H and O–H groups in total. The maximum absolute atomic E-state index is 13.4. The molecule has 0 unspecified atom stereocenters. The number of imide groups is 1. The molecule has 0 saturated heterocycles. The van der Waals surface area contributed by atoms with E-state index in [1.807, 2.05) is 76.2 Å². The Hall–Kier alpha value is -6.92. The summed E-state index contributed by atoms with van der Waals surface area (Å²) in [5.41, 5.74) is 14.6. The molecule has 0 radical (unpaired) electrons. The molecule has 0 saturated carbocycles. The lowest BCUT2D eigenvalue weighted by Gasteiger charge is -2.23. The number of Topliss-reactive ketones (excluding diaryl/α,β-unsaturated/α-hetero) is 2. The van der Waals surface area contributed by atoms with Crippen molar-refractivity contribution in [2.45, 2.75) is 65.6 Å². The van der Waals surface area contributed by atoms with E-state index >= 15 is 0 Å². The van der Waals surface area contributed by atoms with Crippen LogP contribution in [0.15, 0.2) is 170 Å². The van der Waals surface area contributed by atoms with Crippen LogP contribution in [0, 0.1) is 11.8 Å². The molecule has 1 heterocycles. The Bertz CT molecular complexity index is 2880. The molecule has 0 aliphatic carbocycles. The smallest absolute Gasteiger partial charge is 0.261 e. The van der Waals surface area contributed by atoms with Crippen molar-refractivity contribution in [3.8, 4) is 33.8 Å². The van der Waals surface area contributed by atoms with Crippen LogP contribution in [0.1, 0.15) is 93.1 Å². The van der Waals surface area contributed by atoms with Gasteiger partial charge in [0, 0.05) is 30.5 Å². The second-order valence-corrected chi connectivity index (χ2v) is 19.0. The summed E-state index contributed by atoms with van der Waals surface area (Å²) in [7, 11) is 0. The van der Waals surface area contributed by atoms with E-state index in [0.29, 0.717) is 63.2 Å². The van der Waals surface area contributed by atoms with Crippen molar-refractivity contribution in [2.24, 2.45) is 29.3 Å². The van der Waals surface area contributed by atoms with Gasteiger partial charge in [0.2, 0.25) is 0 Å². The van der Waals surface area contributed by atoms with E-state index in [2.05, 4.69) is 72.3 Å². The summed E-state index contributed by atoms with van der Waals surface area (Å²) in [5, 5.41) is 0.822. The van der Waals surface area contributed by atoms with Crippen molar-refractivity contribution < 1.29 is 28.7 Å². The second-order valence-electron chi connectivity index (χ2n) is 18.1. The Balaban J connectivity index is 0.000000237. The number of amides is 2. The molecule has 0 fully saturated rings. The van der Waals surface area contributed by atoms with E-state index in [-0.39, 0.29) is 60.4 Å². The number of nitrogens with two attached hydrogens (primary N) is 3. The molecule has 0 aromatic heterocycles. The number of fused-ring (bicyclic) bond motifs is 1. The maximum Gasteiger partial charge on any atom is 0.261 e. The minimum atomic E-state index is -0.323. The van der Waals surface area contributed by atoms with Crippen LogP contribution in [0.25, 0.3) is 22.3 Å².